The van der Waals surface area contributed by atoms with Gasteiger partial charge in [-0.05, 0) is 0 Å². The summed E-state index contributed by atoms with van der Waals surface area (Å²) in [5, 5.41) is 1.21. The molecule has 1 aromatic rings. The van der Waals surface area contributed by atoms with Crippen LogP contribution in [0.1, 0.15) is 6.92 Å². The Labute approximate surface area is 94.8 Å². The number of hydrogen-bond acceptors (Lipinski definition) is 2. The maximum atomic E-state index is 11.1. The Morgan fingerprint density at radius 1 is 1.43 bits per heavy atom. The minimum atomic E-state index is -0.123. The van der Waals surface area contributed by atoms with Gasteiger partial charge in [0.2, 0.25) is 0 Å². The summed E-state index contributed by atoms with van der Waals surface area (Å²) in [5.41, 5.74) is 0. The van der Waals surface area contributed by atoms with Crippen LogP contribution in [-0.4, -0.2) is 27.5 Å². The number of benzene rings is 1. The predicted molar refractivity (Wildman–Crippen MR) is 58.3 cm³/mol. The van der Waals surface area contributed by atoms with E-state index in [1.165, 1.54) is 0 Å². The summed E-state index contributed by atoms with van der Waals surface area (Å²) in [6, 6.07) is 7.57. The van der Waals surface area contributed by atoms with E-state index in [4.69, 9.17) is 16.3 Å². The number of hydrogen-bond donors (Lipinski definition) is 0. The van der Waals surface area contributed by atoms with E-state index in [1.807, 2.05) is 31.2 Å². The Hall–Kier alpha value is -0.501. The van der Waals surface area contributed by atoms with Gasteiger partial charge in [0.1, 0.15) is 0 Å². The summed E-state index contributed by atoms with van der Waals surface area (Å²) in [4.78, 5) is 11.1. The van der Waals surface area contributed by atoms with E-state index >= 15 is 0 Å². The van der Waals surface area contributed by atoms with Crippen LogP contribution in [0.5, 0.6) is 0 Å². The second kappa shape index (κ2) is 6.07. The van der Waals surface area contributed by atoms with Crippen molar-refractivity contribution in [1.29, 1.82) is 0 Å². The van der Waals surface area contributed by atoms with Gasteiger partial charge in [0.05, 0.1) is 0 Å². The number of carbonyl (C=O) groups is 1. The molecule has 0 amide bonds. The summed E-state index contributed by atoms with van der Waals surface area (Å²) >= 11 is 5.89. The summed E-state index contributed by atoms with van der Waals surface area (Å²) in [6.45, 7) is 2.27. The summed E-state index contributed by atoms with van der Waals surface area (Å²) in [5.74, 6) is -0.123. The van der Waals surface area contributed by atoms with Gasteiger partial charge in [-0.3, -0.25) is 0 Å². The standard InChI is InChI=1S/C10H11ClO2Se/c1-2-13-10(12)7-14-9-5-3-8(11)4-6-9/h3-6H,2,7H2,1H3. The van der Waals surface area contributed by atoms with Crippen LogP contribution in [0, 0.1) is 0 Å². The van der Waals surface area contributed by atoms with E-state index < -0.39 is 0 Å². The van der Waals surface area contributed by atoms with Crippen molar-refractivity contribution in [2.75, 3.05) is 6.61 Å². The third-order valence-corrected chi connectivity index (χ3v) is 3.80. The van der Waals surface area contributed by atoms with Gasteiger partial charge in [-0.15, -0.1) is 0 Å². The summed E-state index contributed by atoms with van der Waals surface area (Å²) < 4.78 is 6.00. The van der Waals surface area contributed by atoms with Crippen molar-refractivity contribution in [3.63, 3.8) is 0 Å². The quantitative estimate of drug-likeness (QED) is 0.618. The van der Waals surface area contributed by atoms with Gasteiger partial charge in [0, 0.05) is 0 Å². The molecule has 0 atom stereocenters. The summed E-state index contributed by atoms with van der Waals surface area (Å²) in [7, 11) is 0. The Kier molecular flexibility index (Phi) is 5.02. The molecule has 0 unspecified atom stereocenters. The number of ether oxygens (including phenoxy) is 1. The molecule has 0 aliphatic carbocycles. The first-order valence-corrected chi connectivity index (χ1v) is 6.71. The van der Waals surface area contributed by atoms with Crippen molar-refractivity contribution >= 4 is 37.0 Å². The molecule has 0 aliphatic rings. The monoisotopic (exact) mass is 278 g/mol. The third-order valence-electron chi connectivity index (χ3n) is 1.48. The Balaban J connectivity index is 2.38. The van der Waals surface area contributed by atoms with Crippen molar-refractivity contribution < 1.29 is 9.53 Å². The summed E-state index contributed by atoms with van der Waals surface area (Å²) in [6.07, 6.45) is 0. The van der Waals surface area contributed by atoms with Crippen LogP contribution in [0.3, 0.4) is 0 Å². The van der Waals surface area contributed by atoms with E-state index in [9.17, 15) is 4.79 Å². The van der Waals surface area contributed by atoms with Crippen LogP contribution >= 0.6 is 11.6 Å². The molecular formula is C10H11ClO2Se. The molecule has 0 radical (unpaired) electrons. The molecular weight excluding hydrogens is 267 g/mol. The fraction of sp³-hybridized carbons (Fsp3) is 0.300. The van der Waals surface area contributed by atoms with E-state index in [2.05, 4.69) is 0 Å². The molecule has 14 heavy (non-hydrogen) atoms. The maximum absolute atomic E-state index is 11.1. The van der Waals surface area contributed by atoms with Gasteiger partial charge >= 0.3 is 94.7 Å². The molecule has 0 bridgehead atoms. The first-order chi connectivity index (χ1) is 6.72. The van der Waals surface area contributed by atoms with Crippen molar-refractivity contribution in [3.8, 4) is 0 Å². The zero-order valence-electron chi connectivity index (χ0n) is 7.83. The SMILES string of the molecule is CCOC(=O)C[Se]c1ccc(Cl)cc1. The Morgan fingerprint density at radius 2 is 2.07 bits per heavy atom. The fourth-order valence-corrected chi connectivity index (χ4v) is 2.46. The van der Waals surface area contributed by atoms with E-state index in [1.54, 1.807) is 0 Å². The molecule has 0 aliphatic heterocycles. The van der Waals surface area contributed by atoms with Crippen molar-refractivity contribution in [2.45, 2.75) is 12.2 Å². The van der Waals surface area contributed by atoms with Gasteiger partial charge in [-0.1, -0.05) is 0 Å². The topological polar surface area (TPSA) is 26.3 Å². The molecule has 0 fully saturated rings. The number of esters is 1. The zero-order chi connectivity index (χ0) is 10.4. The van der Waals surface area contributed by atoms with Crippen molar-refractivity contribution in [2.24, 2.45) is 0 Å². The molecule has 0 spiro atoms. The zero-order valence-corrected chi connectivity index (χ0v) is 10.3. The van der Waals surface area contributed by atoms with Gasteiger partial charge in [-0.2, -0.15) is 0 Å². The first-order valence-electron chi connectivity index (χ1n) is 4.26. The van der Waals surface area contributed by atoms with Gasteiger partial charge in [0.25, 0.3) is 0 Å². The van der Waals surface area contributed by atoms with Crippen LogP contribution in [0.4, 0.5) is 0 Å². The van der Waals surface area contributed by atoms with Crippen molar-refractivity contribution in [3.05, 3.63) is 29.3 Å². The Morgan fingerprint density at radius 3 is 2.64 bits per heavy atom. The number of rotatable bonds is 4. The second-order valence-corrected chi connectivity index (χ2v) is 5.18. The fourth-order valence-electron chi connectivity index (χ4n) is 0.876. The van der Waals surface area contributed by atoms with E-state index in [0.717, 1.165) is 9.48 Å². The molecule has 0 heterocycles. The van der Waals surface area contributed by atoms with E-state index in [0.29, 0.717) is 11.9 Å². The molecule has 76 valence electrons. The molecule has 4 heteroatoms. The first kappa shape index (κ1) is 11.6. The van der Waals surface area contributed by atoms with E-state index in [-0.39, 0.29) is 20.9 Å². The predicted octanol–water partition coefficient (Wildman–Crippen LogP) is 1.65. The molecule has 0 saturated heterocycles. The minimum absolute atomic E-state index is 0.123. The van der Waals surface area contributed by atoms with Crippen LogP contribution in [0.2, 0.25) is 10.3 Å². The normalized spacial score (nSPS) is 9.86. The second-order valence-electron chi connectivity index (χ2n) is 2.55. The Bertz CT molecular complexity index is 297. The molecule has 1 rings (SSSR count). The average molecular weight is 278 g/mol. The molecule has 0 saturated carbocycles. The molecule has 2 nitrogen and oxygen atoms in total. The average Bonchev–Trinajstić information content (AvgIpc) is 2.17. The molecule has 0 aromatic heterocycles. The third kappa shape index (κ3) is 4.14. The number of halogens is 1. The van der Waals surface area contributed by atoms with Crippen LogP contribution in [0.25, 0.3) is 0 Å². The van der Waals surface area contributed by atoms with Crippen LogP contribution < -0.4 is 4.46 Å². The molecule has 0 N–H and O–H groups in total. The van der Waals surface area contributed by atoms with Crippen molar-refractivity contribution in [1.82, 2.24) is 0 Å². The van der Waals surface area contributed by atoms with Gasteiger partial charge in [0.15, 0.2) is 0 Å². The van der Waals surface area contributed by atoms with Crippen LogP contribution in [0.15, 0.2) is 24.3 Å². The van der Waals surface area contributed by atoms with Gasteiger partial charge in [-0.25, -0.2) is 0 Å². The molecule has 1 aromatic carbocycles. The van der Waals surface area contributed by atoms with Crippen LogP contribution in [-0.2, 0) is 9.53 Å². The van der Waals surface area contributed by atoms with Gasteiger partial charge < -0.3 is 0 Å². The number of carbonyl (C=O) groups excluding carboxylic acids is 1.